The average molecular weight is 605 g/mol. The monoisotopic (exact) mass is 604 g/mol. The van der Waals surface area contributed by atoms with Gasteiger partial charge in [0.1, 0.15) is 11.4 Å². The van der Waals surface area contributed by atoms with Gasteiger partial charge in [-0.3, -0.25) is 0 Å². The van der Waals surface area contributed by atoms with E-state index in [2.05, 4.69) is 45.6 Å². The molecule has 0 radical (unpaired) electrons. The standard InChI is InChI=1S/C40H52N4O/c1-2-3-4-5-6-7-8-9-10-11-12-13-14-15-16-22-33-45-39-32-27-34-23-20-21-26-38(34)40(39)44-43-37-30-28-36(29-31-37)42-41-35-24-18-17-19-25-35/h17-21,23-32H,2-16,22,33H2,1H3. The van der Waals surface area contributed by atoms with Gasteiger partial charge in [0, 0.05) is 5.39 Å². The van der Waals surface area contributed by atoms with Crippen molar-refractivity contribution in [3.05, 3.63) is 91.0 Å². The van der Waals surface area contributed by atoms with Gasteiger partial charge in [0.15, 0.2) is 0 Å². The Morgan fingerprint density at radius 2 is 0.889 bits per heavy atom. The highest BCUT2D eigenvalue weighted by Gasteiger charge is 2.09. The second-order valence-corrected chi connectivity index (χ2v) is 12.0. The van der Waals surface area contributed by atoms with E-state index in [1.807, 2.05) is 72.8 Å². The third-order valence-corrected chi connectivity index (χ3v) is 8.27. The lowest BCUT2D eigenvalue weighted by Gasteiger charge is -2.11. The lowest BCUT2D eigenvalue weighted by atomic mass is 10.0. The van der Waals surface area contributed by atoms with E-state index in [4.69, 9.17) is 4.74 Å². The zero-order chi connectivity index (χ0) is 31.2. The molecule has 0 unspecified atom stereocenters. The summed E-state index contributed by atoms with van der Waals surface area (Å²) in [5, 5.41) is 20.0. The Morgan fingerprint density at radius 3 is 1.47 bits per heavy atom. The van der Waals surface area contributed by atoms with Gasteiger partial charge in [0.25, 0.3) is 0 Å². The molecule has 0 saturated heterocycles. The van der Waals surface area contributed by atoms with Crippen LogP contribution < -0.4 is 4.74 Å². The van der Waals surface area contributed by atoms with E-state index in [1.165, 1.54) is 96.3 Å². The van der Waals surface area contributed by atoms with Crippen molar-refractivity contribution in [3.8, 4) is 5.75 Å². The fourth-order valence-corrected chi connectivity index (χ4v) is 5.59. The summed E-state index contributed by atoms with van der Waals surface area (Å²) in [6.07, 6.45) is 21.8. The van der Waals surface area contributed by atoms with Crippen molar-refractivity contribution < 1.29 is 4.74 Å². The molecule has 0 spiro atoms. The highest BCUT2D eigenvalue weighted by atomic mass is 16.5. The van der Waals surface area contributed by atoms with Gasteiger partial charge in [-0.15, -0.1) is 5.11 Å². The molecule has 0 aliphatic heterocycles. The molecule has 0 bridgehead atoms. The first-order valence-electron chi connectivity index (χ1n) is 17.5. The van der Waals surface area contributed by atoms with Crippen LogP contribution in [0.1, 0.15) is 110 Å². The molecule has 4 aromatic carbocycles. The highest BCUT2D eigenvalue weighted by molar-refractivity contribution is 5.95. The molecular formula is C40H52N4O. The van der Waals surface area contributed by atoms with Crippen molar-refractivity contribution >= 4 is 33.5 Å². The molecule has 238 valence electrons. The minimum atomic E-state index is 0.695. The second-order valence-electron chi connectivity index (χ2n) is 12.0. The van der Waals surface area contributed by atoms with Crippen molar-refractivity contribution in [2.45, 2.75) is 110 Å². The van der Waals surface area contributed by atoms with Crippen LogP contribution >= 0.6 is 0 Å². The largest absolute Gasteiger partial charge is 0.491 e. The first kappa shape index (κ1) is 34.0. The first-order chi connectivity index (χ1) is 22.3. The summed E-state index contributed by atoms with van der Waals surface area (Å²) in [4.78, 5) is 0. The Hall–Kier alpha value is -3.86. The van der Waals surface area contributed by atoms with Gasteiger partial charge in [-0.1, -0.05) is 152 Å². The van der Waals surface area contributed by atoms with Gasteiger partial charge < -0.3 is 4.74 Å². The summed E-state index contributed by atoms with van der Waals surface area (Å²) in [5.74, 6) is 0.784. The highest BCUT2D eigenvalue weighted by Crippen LogP contribution is 2.37. The van der Waals surface area contributed by atoms with Crippen molar-refractivity contribution in [2.24, 2.45) is 20.5 Å². The second kappa shape index (κ2) is 21.0. The molecule has 0 N–H and O–H groups in total. The summed E-state index contributed by atoms with van der Waals surface area (Å²) in [5.41, 5.74) is 3.12. The molecule has 0 atom stereocenters. The van der Waals surface area contributed by atoms with E-state index in [9.17, 15) is 0 Å². The van der Waals surface area contributed by atoms with Gasteiger partial charge >= 0.3 is 0 Å². The summed E-state index contributed by atoms with van der Waals surface area (Å²) >= 11 is 0. The number of hydrogen-bond acceptors (Lipinski definition) is 5. The quantitative estimate of drug-likeness (QED) is 0.0650. The van der Waals surface area contributed by atoms with E-state index >= 15 is 0 Å². The molecular weight excluding hydrogens is 552 g/mol. The molecule has 4 rings (SSSR count). The summed E-state index contributed by atoms with van der Waals surface area (Å²) < 4.78 is 6.26. The molecule has 4 aromatic rings. The Kier molecular flexibility index (Phi) is 15.9. The maximum absolute atomic E-state index is 6.26. The van der Waals surface area contributed by atoms with E-state index in [-0.39, 0.29) is 0 Å². The maximum atomic E-state index is 6.26. The fraction of sp³-hybridized carbons (Fsp3) is 0.450. The van der Waals surface area contributed by atoms with Crippen LogP contribution in [0, 0.1) is 0 Å². The predicted octanol–water partition coefficient (Wildman–Crippen LogP) is 14.3. The summed E-state index contributed by atoms with van der Waals surface area (Å²) in [6.45, 7) is 2.98. The van der Waals surface area contributed by atoms with Gasteiger partial charge in [0.2, 0.25) is 0 Å². The van der Waals surface area contributed by atoms with Crippen LogP contribution in [0.15, 0.2) is 111 Å². The SMILES string of the molecule is CCCCCCCCCCCCCCCCCCOc1ccc2ccccc2c1N=Nc1ccc(N=Nc2ccccc2)cc1. The number of fused-ring (bicyclic) bond motifs is 1. The molecule has 0 heterocycles. The van der Waals surface area contributed by atoms with Crippen molar-refractivity contribution in [1.29, 1.82) is 0 Å². The van der Waals surface area contributed by atoms with E-state index < -0.39 is 0 Å². The maximum Gasteiger partial charge on any atom is 0.147 e. The number of rotatable bonds is 22. The molecule has 0 saturated carbocycles. The molecule has 5 nitrogen and oxygen atoms in total. The van der Waals surface area contributed by atoms with Crippen LogP contribution in [0.4, 0.5) is 22.7 Å². The van der Waals surface area contributed by atoms with Crippen molar-refractivity contribution in [1.82, 2.24) is 0 Å². The molecule has 0 aromatic heterocycles. The molecule has 0 amide bonds. The summed E-state index contributed by atoms with van der Waals surface area (Å²) in [6, 6.07) is 29.7. The molecule has 0 aliphatic carbocycles. The number of nitrogens with zero attached hydrogens (tertiary/aromatic N) is 4. The molecule has 5 heteroatoms. The van der Waals surface area contributed by atoms with Gasteiger partial charge in [-0.2, -0.15) is 15.3 Å². The number of hydrogen-bond donors (Lipinski definition) is 0. The smallest absolute Gasteiger partial charge is 0.147 e. The van der Waals surface area contributed by atoms with Crippen molar-refractivity contribution in [3.63, 3.8) is 0 Å². The number of unbranched alkanes of at least 4 members (excludes halogenated alkanes) is 15. The van der Waals surface area contributed by atoms with Crippen LogP contribution in [0.3, 0.4) is 0 Å². The zero-order valence-corrected chi connectivity index (χ0v) is 27.4. The third-order valence-electron chi connectivity index (χ3n) is 8.27. The third kappa shape index (κ3) is 13.0. The van der Waals surface area contributed by atoms with E-state index in [1.54, 1.807) is 0 Å². The van der Waals surface area contributed by atoms with Crippen LogP contribution in [0.2, 0.25) is 0 Å². The van der Waals surface area contributed by atoms with Gasteiger partial charge in [-0.05, 0) is 54.3 Å². The molecule has 0 aliphatic rings. The number of azo groups is 2. The number of benzene rings is 4. The van der Waals surface area contributed by atoms with Crippen LogP contribution in [0.5, 0.6) is 5.75 Å². The fourth-order valence-electron chi connectivity index (χ4n) is 5.59. The minimum Gasteiger partial charge on any atom is -0.491 e. The van der Waals surface area contributed by atoms with Crippen LogP contribution in [0.25, 0.3) is 10.8 Å². The Morgan fingerprint density at radius 1 is 0.422 bits per heavy atom. The zero-order valence-electron chi connectivity index (χ0n) is 27.4. The lowest BCUT2D eigenvalue weighted by molar-refractivity contribution is 0.305. The normalized spacial score (nSPS) is 11.7. The predicted molar refractivity (Wildman–Crippen MR) is 190 cm³/mol. The van der Waals surface area contributed by atoms with Gasteiger partial charge in [-0.25, -0.2) is 0 Å². The molecule has 45 heavy (non-hydrogen) atoms. The topological polar surface area (TPSA) is 58.7 Å². The van der Waals surface area contributed by atoms with E-state index in [0.717, 1.165) is 45.7 Å². The lowest BCUT2D eigenvalue weighted by Crippen LogP contribution is -1.98. The Labute approximate surface area is 271 Å². The van der Waals surface area contributed by atoms with Crippen LogP contribution in [-0.2, 0) is 0 Å². The average Bonchev–Trinajstić information content (AvgIpc) is 3.09. The summed E-state index contributed by atoms with van der Waals surface area (Å²) in [7, 11) is 0. The minimum absolute atomic E-state index is 0.695. The van der Waals surface area contributed by atoms with E-state index in [0.29, 0.717) is 6.61 Å². The van der Waals surface area contributed by atoms with Crippen LogP contribution in [-0.4, -0.2) is 6.61 Å². The van der Waals surface area contributed by atoms with Gasteiger partial charge in [0.05, 0.1) is 23.7 Å². The number of ether oxygens (including phenoxy) is 1. The Bertz CT molecular complexity index is 1420. The van der Waals surface area contributed by atoms with Crippen molar-refractivity contribution in [2.75, 3.05) is 6.61 Å². The molecule has 0 fully saturated rings. The Balaban J connectivity index is 1.16. The first-order valence-corrected chi connectivity index (χ1v) is 17.5.